The van der Waals surface area contributed by atoms with Gasteiger partial charge >= 0.3 is 6.18 Å². The summed E-state index contributed by atoms with van der Waals surface area (Å²) < 4.78 is 79.0. The predicted octanol–water partition coefficient (Wildman–Crippen LogP) is 8.58. The number of halogens is 6. The second kappa shape index (κ2) is 9.27. The van der Waals surface area contributed by atoms with Crippen LogP contribution in [0.25, 0.3) is 17.0 Å². The number of hydrogen-bond acceptors (Lipinski definition) is 0. The highest BCUT2D eigenvalue weighted by Gasteiger charge is 2.28. The zero-order valence-electron chi connectivity index (χ0n) is 16.7. The predicted molar refractivity (Wildman–Crippen MR) is 107 cm³/mol. The maximum Gasteiger partial charge on any atom is 0.412 e. The Labute approximate surface area is 172 Å². The average molecular weight is 426 g/mol. The summed E-state index contributed by atoms with van der Waals surface area (Å²) in [4.78, 5) is 0. The third-order valence-electron chi connectivity index (χ3n) is 5.83. The van der Waals surface area contributed by atoms with Crippen LogP contribution in [-0.2, 0) is 0 Å². The normalized spacial score (nSPS) is 20.4. The van der Waals surface area contributed by atoms with Crippen molar-refractivity contribution in [3.63, 3.8) is 0 Å². The van der Waals surface area contributed by atoms with Gasteiger partial charge in [-0.1, -0.05) is 44.0 Å². The van der Waals surface area contributed by atoms with Crippen LogP contribution < -0.4 is 0 Å². The second-order valence-corrected chi connectivity index (χ2v) is 7.98. The zero-order chi connectivity index (χ0) is 21.9. The quantitative estimate of drug-likeness (QED) is 0.420. The molecule has 2 aromatic carbocycles. The van der Waals surface area contributed by atoms with Gasteiger partial charge in [-0.25, -0.2) is 13.2 Å². The molecule has 1 saturated carbocycles. The topological polar surface area (TPSA) is 0 Å². The van der Waals surface area contributed by atoms with Crippen LogP contribution >= 0.6 is 0 Å². The molecule has 1 fully saturated rings. The molecule has 0 bridgehead atoms. The lowest BCUT2D eigenvalue weighted by Crippen LogP contribution is -2.13. The van der Waals surface area contributed by atoms with Crippen LogP contribution in [0.15, 0.2) is 42.5 Å². The van der Waals surface area contributed by atoms with Crippen LogP contribution in [0.3, 0.4) is 0 Å². The van der Waals surface area contributed by atoms with E-state index in [2.05, 4.69) is 6.92 Å². The van der Waals surface area contributed by atoms with Crippen molar-refractivity contribution in [2.24, 2.45) is 5.92 Å². The molecule has 0 heterocycles. The molecule has 0 saturated heterocycles. The molecule has 30 heavy (non-hydrogen) atoms. The van der Waals surface area contributed by atoms with E-state index in [-0.39, 0.29) is 5.56 Å². The summed E-state index contributed by atoms with van der Waals surface area (Å²) in [5.74, 6) is -3.48. The molecule has 0 atom stereocenters. The van der Waals surface area contributed by atoms with Gasteiger partial charge in [-0.3, -0.25) is 0 Å². The Bertz CT molecular complexity index is 864. The summed E-state index contributed by atoms with van der Waals surface area (Å²) in [6, 6.07) is 9.04. The summed E-state index contributed by atoms with van der Waals surface area (Å²) in [5, 5.41) is 0. The molecule has 0 spiro atoms. The molecule has 0 radical (unpaired) electrons. The third-order valence-corrected chi connectivity index (χ3v) is 5.83. The minimum Gasteiger partial charge on any atom is -0.206 e. The van der Waals surface area contributed by atoms with Crippen molar-refractivity contribution >= 4 is 5.83 Å². The third kappa shape index (κ3) is 5.46. The van der Waals surface area contributed by atoms with Crippen molar-refractivity contribution in [2.75, 3.05) is 0 Å². The van der Waals surface area contributed by atoms with Crippen molar-refractivity contribution < 1.29 is 26.3 Å². The molecule has 0 aromatic heterocycles. The minimum atomic E-state index is -5.01. The first-order chi connectivity index (χ1) is 14.2. The van der Waals surface area contributed by atoms with Gasteiger partial charge in [0.2, 0.25) is 0 Å². The van der Waals surface area contributed by atoms with Gasteiger partial charge in [0.25, 0.3) is 0 Å². The standard InChI is InChI=1S/C24H24F6/c1-2-3-15-4-6-16(7-5-15)17-8-10-18(11-9-17)19-12-20(25)23(21(26)13-19)22(27)14-24(28,29)30/h8-16H,2-7H2,1H3. The van der Waals surface area contributed by atoms with E-state index >= 15 is 0 Å². The largest absolute Gasteiger partial charge is 0.412 e. The molecule has 0 nitrogen and oxygen atoms in total. The van der Waals surface area contributed by atoms with E-state index in [1.54, 1.807) is 12.1 Å². The van der Waals surface area contributed by atoms with Crippen molar-refractivity contribution in [2.45, 2.75) is 57.5 Å². The maximum atomic E-state index is 14.2. The van der Waals surface area contributed by atoms with Gasteiger partial charge in [-0.15, -0.1) is 0 Å². The van der Waals surface area contributed by atoms with Gasteiger partial charge < -0.3 is 0 Å². The Morgan fingerprint density at radius 1 is 0.933 bits per heavy atom. The lowest BCUT2D eigenvalue weighted by Gasteiger charge is -2.28. The highest BCUT2D eigenvalue weighted by Crippen LogP contribution is 2.38. The fraction of sp³-hybridized carbons (Fsp3) is 0.417. The highest BCUT2D eigenvalue weighted by molar-refractivity contribution is 5.69. The summed E-state index contributed by atoms with van der Waals surface area (Å²) in [6.07, 6.45) is 1.35. The molecule has 0 aliphatic heterocycles. The Kier molecular flexibility index (Phi) is 6.94. The molecule has 162 valence electrons. The van der Waals surface area contributed by atoms with Crippen LogP contribution in [0.2, 0.25) is 0 Å². The van der Waals surface area contributed by atoms with Crippen LogP contribution in [0.1, 0.15) is 62.5 Å². The van der Waals surface area contributed by atoms with Gasteiger partial charge in [-0.05, 0) is 66.3 Å². The summed E-state index contributed by atoms with van der Waals surface area (Å²) in [5.41, 5.74) is 0.525. The zero-order valence-corrected chi connectivity index (χ0v) is 16.7. The van der Waals surface area contributed by atoms with Gasteiger partial charge in [0.15, 0.2) is 0 Å². The van der Waals surface area contributed by atoms with Crippen LogP contribution in [0.5, 0.6) is 0 Å². The fourth-order valence-corrected chi connectivity index (χ4v) is 4.32. The molecule has 1 aliphatic rings. The SMILES string of the molecule is CCCC1CCC(c2ccc(-c3cc(F)c(C(F)=CC(F)(F)F)c(F)c3)cc2)CC1. The average Bonchev–Trinajstić information content (AvgIpc) is 2.67. The molecule has 0 N–H and O–H groups in total. The molecule has 6 heteroatoms. The first-order valence-electron chi connectivity index (χ1n) is 10.2. The van der Waals surface area contributed by atoms with E-state index in [1.165, 1.54) is 31.2 Å². The Morgan fingerprint density at radius 3 is 2.00 bits per heavy atom. The minimum absolute atomic E-state index is 0.145. The number of rotatable bonds is 5. The van der Waals surface area contributed by atoms with Crippen molar-refractivity contribution in [3.8, 4) is 11.1 Å². The van der Waals surface area contributed by atoms with Crippen molar-refractivity contribution in [3.05, 3.63) is 65.2 Å². The lowest BCUT2D eigenvalue weighted by molar-refractivity contribution is -0.0798. The molecule has 1 aliphatic carbocycles. The van der Waals surface area contributed by atoms with E-state index in [1.807, 2.05) is 12.1 Å². The summed E-state index contributed by atoms with van der Waals surface area (Å²) in [6.45, 7) is 2.20. The second-order valence-electron chi connectivity index (χ2n) is 7.98. The number of hydrogen-bond donors (Lipinski definition) is 0. The van der Waals surface area contributed by atoms with Gasteiger partial charge in [0.1, 0.15) is 17.5 Å². The molecular weight excluding hydrogens is 402 g/mol. The van der Waals surface area contributed by atoms with Gasteiger partial charge in [-0.2, -0.15) is 13.2 Å². The first-order valence-corrected chi connectivity index (χ1v) is 10.2. The van der Waals surface area contributed by atoms with Gasteiger partial charge in [0.05, 0.1) is 11.6 Å². The van der Waals surface area contributed by atoms with E-state index in [4.69, 9.17) is 0 Å². The number of alkyl halides is 3. The van der Waals surface area contributed by atoms with Crippen LogP contribution in [0, 0.1) is 17.6 Å². The van der Waals surface area contributed by atoms with E-state index < -0.39 is 35.3 Å². The summed E-state index contributed by atoms with van der Waals surface area (Å²) in [7, 11) is 0. The van der Waals surface area contributed by atoms with Crippen molar-refractivity contribution in [1.29, 1.82) is 0 Å². The lowest BCUT2D eigenvalue weighted by atomic mass is 9.77. The van der Waals surface area contributed by atoms with Crippen LogP contribution in [0.4, 0.5) is 26.3 Å². The molecule has 0 amide bonds. The number of allylic oxidation sites excluding steroid dienone is 1. The van der Waals surface area contributed by atoms with E-state index in [0.29, 0.717) is 11.5 Å². The Balaban J connectivity index is 1.78. The summed E-state index contributed by atoms with van der Waals surface area (Å²) >= 11 is 0. The Hall–Kier alpha value is -2.24. The molecule has 2 aromatic rings. The molecular formula is C24H24F6. The van der Waals surface area contributed by atoms with Crippen molar-refractivity contribution in [1.82, 2.24) is 0 Å². The molecule has 0 unspecified atom stereocenters. The maximum absolute atomic E-state index is 14.2. The number of benzene rings is 2. The molecule has 3 rings (SSSR count). The van der Waals surface area contributed by atoms with Gasteiger partial charge in [0, 0.05) is 0 Å². The first kappa shape index (κ1) is 22.4. The van der Waals surface area contributed by atoms with Crippen LogP contribution in [-0.4, -0.2) is 6.18 Å². The Morgan fingerprint density at radius 2 is 1.50 bits per heavy atom. The highest BCUT2D eigenvalue weighted by atomic mass is 19.4. The smallest absolute Gasteiger partial charge is 0.206 e. The van der Waals surface area contributed by atoms with E-state index in [0.717, 1.165) is 30.9 Å². The van der Waals surface area contributed by atoms with E-state index in [9.17, 15) is 26.3 Å². The fourth-order valence-electron chi connectivity index (χ4n) is 4.32. The monoisotopic (exact) mass is 426 g/mol.